The molecular formula is C18H19F3N4O. The van der Waals surface area contributed by atoms with Crippen molar-refractivity contribution in [2.45, 2.75) is 25.9 Å². The SMILES string of the molecule is Cc1ccc(N2CCC(C(=O)Nc3ccc(C(F)(F)F)cc3)CC2)nn1. The monoisotopic (exact) mass is 364 g/mol. The second-order valence-corrected chi connectivity index (χ2v) is 6.36. The Morgan fingerprint density at radius 3 is 2.27 bits per heavy atom. The van der Waals surface area contributed by atoms with E-state index in [1.165, 1.54) is 12.1 Å². The molecule has 1 aliphatic heterocycles. The number of aryl methyl sites for hydroxylation is 1. The van der Waals surface area contributed by atoms with Gasteiger partial charge in [0.05, 0.1) is 11.3 Å². The number of anilines is 2. The Labute approximate surface area is 149 Å². The number of hydrogen-bond acceptors (Lipinski definition) is 4. The Kier molecular flexibility index (Phi) is 5.11. The number of alkyl halides is 3. The molecule has 138 valence electrons. The maximum absolute atomic E-state index is 12.6. The van der Waals surface area contributed by atoms with Gasteiger partial charge in [0.25, 0.3) is 0 Å². The molecule has 0 aliphatic carbocycles. The Hall–Kier alpha value is -2.64. The second-order valence-electron chi connectivity index (χ2n) is 6.36. The molecule has 0 spiro atoms. The van der Waals surface area contributed by atoms with E-state index in [-0.39, 0.29) is 11.8 Å². The molecule has 1 amide bonds. The topological polar surface area (TPSA) is 58.1 Å². The molecule has 2 aromatic rings. The van der Waals surface area contributed by atoms with Crippen molar-refractivity contribution in [2.24, 2.45) is 5.92 Å². The van der Waals surface area contributed by atoms with E-state index in [4.69, 9.17) is 0 Å². The number of nitrogens with one attached hydrogen (secondary N) is 1. The molecule has 1 fully saturated rings. The maximum Gasteiger partial charge on any atom is 0.416 e. The van der Waals surface area contributed by atoms with Crippen LogP contribution in [0.25, 0.3) is 0 Å². The second kappa shape index (κ2) is 7.31. The van der Waals surface area contributed by atoms with Crippen LogP contribution in [-0.2, 0) is 11.0 Å². The zero-order valence-electron chi connectivity index (χ0n) is 14.3. The third-order valence-corrected chi connectivity index (χ3v) is 4.45. The molecule has 1 N–H and O–H groups in total. The van der Waals surface area contributed by atoms with E-state index >= 15 is 0 Å². The summed E-state index contributed by atoms with van der Waals surface area (Å²) in [5.74, 6) is 0.448. The Morgan fingerprint density at radius 1 is 1.08 bits per heavy atom. The van der Waals surface area contributed by atoms with Crippen molar-refractivity contribution in [3.8, 4) is 0 Å². The van der Waals surface area contributed by atoms with Gasteiger partial charge in [0.1, 0.15) is 0 Å². The minimum Gasteiger partial charge on any atom is -0.355 e. The lowest BCUT2D eigenvalue weighted by Gasteiger charge is -2.31. The van der Waals surface area contributed by atoms with Gasteiger partial charge in [-0.3, -0.25) is 4.79 Å². The molecule has 1 aliphatic rings. The maximum atomic E-state index is 12.6. The van der Waals surface area contributed by atoms with Crippen molar-refractivity contribution >= 4 is 17.4 Å². The lowest BCUT2D eigenvalue weighted by Crippen LogP contribution is -2.38. The van der Waals surface area contributed by atoms with Crippen molar-refractivity contribution in [1.82, 2.24) is 10.2 Å². The smallest absolute Gasteiger partial charge is 0.355 e. The van der Waals surface area contributed by atoms with Crippen LogP contribution in [0.4, 0.5) is 24.7 Å². The zero-order chi connectivity index (χ0) is 18.7. The van der Waals surface area contributed by atoms with Gasteiger partial charge in [-0.25, -0.2) is 0 Å². The zero-order valence-corrected chi connectivity index (χ0v) is 14.3. The summed E-state index contributed by atoms with van der Waals surface area (Å²) in [4.78, 5) is 14.4. The summed E-state index contributed by atoms with van der Waals surface area (Å²) in [6.07, 6.45) is -3.07. The summed E-state index contributed by atoms with van der Waals surface area (Å²) in [6, 6.07) is 8.29. The van der Waals surface area contributed by atoms with Crippen molar-refractivity contribution in [3.05, 3.63) is 47.7 Å². The van der Waals surface area contributed by atoms with Crippen LogP contribution in [0.1, 0.15) is 24.1 Å². The van der Waals surface area contributed by atoms with Crippen LogP contribution in [0.2, 0.25) is 0 Å². The number of amides is 1. The number of carbonyl (C=O) groups excluding carboxylic acids is 1. The molecule has 1 aromatic heterocycles. The van der Waals surface area contributed by atoms with E-state index in [1.807, 2.05) is 19.1 Å². The Bertz CT molecular complexity index is 752. The molecule has 5 nitrogen and oxygen atoms in total. The van der Waals surface area contributed by atoms with Gasteiger partial charge in [-0.15, -0.1) is 5.10 Å². The highest BCUT2D eigenvalue weighted by Gasteiger charge is 2.30. The number of nitrogens with zero attached hydrogens (tertiary/aromatic N) is 3. The number of rotatable bonds is 3. The minimum atomic E-state index is -4.38. The van der Waals surface area contributed by atoms with Crippen molar-refractivity contribution in [1.29, 1.82) is 0 Å². The molecule has 0 unspecified atom stereocenters. The van der Waals surface area contributed by atoms with E-state index in [0.29, 0.717) is 31.6 Å². The van der Waals surface area contributed by atoms with Gasteiger partial charge in [-0.05, 0) is 56.2 Å². The van der Waals surface area contributed by atoms with E-state index in [0.717, 1.165) is 23.6 Å². The summed E-state index contributed by atoms with van der Waals surface area (Å²) in [6.45, 7) is 3.24. The first kappa shape index (κ1) is 18.2. The number of halogens is 3. The molecule has 0 atom stereocenters. The predicted octanol–water partition coefficient (Wildman–Crippen LogP) is 3.66. The molecule has 0 saturated carbocycles. The molecule has 0 radical (unpaired) electrons. The number of aromatic nitrogens is 2. The molecular weight excluding hydrogens is 345 g/mol. The molecule has 26 heavy (non-hydrogen) atoms. The first-order valence-corrected chi connectivity index (χ1v) is 8.36. The fourth-order valence-corrected chi connectivity index (χ4v) is 2.92. The summed E-state index contributed by atoms with van der Waals surface area (Å²) in [5, 5.41) is 10.9. The molecule has 0 bridgehead atoms. The van der Waals surface area contributed by atoms with E-state index in [2.05, 4.69) is 20.4 Å². The van der Waals surface area contributed by atoms with Crippen LogP contribution in [0.3, 0.4) is 0 Å². The Balaban J connectivity index is 1.54. The van der Waals surface area contributed by atoms with Crippen LogP contribution in [0.15, 0.2) is 36.4 Å². The summed E-state index contributed by atoms with van der Waals surface area (Å²) >= 11 is 0. The quantitative estimate of drug-likeness (QED) is 0.903. The lowest BCUT2D eigenvalue weighted by atomic mass is 9.95. The van der Waals surface area contributed by atoms with Gasteiger partial charge in [-0.1, -0.05) is 0 Å². The van der Waals surface area contributed by atoms with Gasteiger partial charge in [0.15, 0.2) is 5.82 Å². The lowest BCUT2D eigenvalue weighted by molar-refractivity contribution is -0.137. The van der Waals surface area contributed by atoms with Crippen LogP contribution in [0, 0.1) is 12.8 Å². The largest absolute Gasteiger partial charge is 0.416 e. The standard InChI is InChI=1S/C18H19F3N4O/c1-12-2-7-16(24-23-12)25-10-8-13(9-11-25)17(26)22-15-5-3-14(4-6-15)18(19,20)21/h2-7,13H,8-11H2,1H3,(H,22,26). The van der Waals surface area contributed by atoms with E-state index in [1.54, 1.807) is 0 Å². The predicted molar refractivity (Wildman–Crippen MR) is 91.8 cm³/mol. The summed E-state index contributed by atoms with van der Waals surface area (Å²) in [7, 11) is 0. The highest BCUT2D eigenvalue weighted by atomic mass is 19.4. The number of piperidine rings is 1. The molecule has 2 heterocycles. The summed E-state index contributed by atoms with van der Waals surface area (Å²) in [5.41, 5.74) is 0.484. The minimum absolute atomic E-state index is 0.167. The van der Waals surface area contributed by atoms with Crippen LogP contribution < -0.4 is 10.2 Å². The average molecular weight is 364 g/mol. The number of carbonyl (C=O) groups is 1. The van der Waals surface area contributed by atoms with Gasteiger partial charge in [0, 0.05) is 24.7 Å². The fourth-order valence-electron chi connectivity index (χ4n) is 2.92. The third-order valence-electron chi connectivity index (χ3n) is 4.45. The first-order chi connectivity index (χ1) is 12.3. The van der Waals surface area contributed by atoms with Crippen molar-refractivity contribution in [2.75, 3.05) is 23.3 Å². The van der Waals surface area contributed by atoms with E-state index < -0.39 is 11.7 Å². The van der Waals surface area contributed by atoms with Crippen LogP contribution in [-0.4, -0.2) is 29.2 Å². The average Bonchev–Trinajstić information content (AvgIpc) is 2.62. The molecule has 1 aromatic carbocycles. The van der Waals surface area contributed by atoms with Gasteiger partial charge in [0.2, 0.25) is 5.91 Å². The number of benzene rings is 1. The van der Waals surface area contributed by atoms with Crippen LogP contribution >= 0.6 is 0 Å². The van der Waals surface area contributed by atoms with Gasteiger partial charge >= 0.3 is 6.18 Å². The first-order valence-electron chi connectivity index (χ1n) is 8.36. The van der Waals surface area contributed by atoms with Crippen molar-refractivity contribution < 1.29 is 18.0 Å². The molecule has 3 rings (SSSR count). The Morgan fingerprint density at radius 2 is 1.73 bits per heavy atom. The molecule has 8 heteroatoms. The highest BCUT2D eigenvalue weighted by Crippen LogP contribution is 2.30. The number of hydrogen-bond donors (Lipinski definition) is 1. The van der Waals surface area contributed by atoms with Crippen molar-refractivity contribution in [3.63, 3.8) is 0 Å². The van der Waals surface area contributed by atoms with Gasteiger partial charge < -0.3 is 10.2 Å². The van der Waals surface area contributed by atoms with Gasteiger partial charge in [-0.2, -0.15) is 18.3 Å². The van der Waals surface area contributed by atoms with E-state index in [9.17, 15) is 18.0 Å². The third kappa shape index (κ3) is 4.30. The highest BCUT2D eigenvalue weighted by molar-refractivity contribution is 5.92. The molecule has 1 saturated heterocycles. The fraction of sp³-hybridized carbons (Fsp3) is 0.389. The normalized spacial score (nSPS) is 15.8. The van der Waals surface area contributed by atoms with Crippen LogP contribution in [0.5, 0.6) is 0 Å². The summed E-state index contributed by atoms with van der Waals surface area (Å²) < 4.78 is 37.7.